The largest absolute Gasteiger partial charge is 0.477 e. The minimum absolute atomic E-state index is 0.0625. The van der Waals surface area contributed by atoms with Gasteiger partial charge in [-0.1, -0.05) is 28.1 Å². The van der Waals surface area contributed by atoms with Gasteiger partial charge < -0.3 is 10.4 Å². The van der Waals surface area contributed by atoms with Gasteiger partial charge >= 0.3 is 5.97 Å². The number of hydrogen-bond acceptors (Lipinski definition) is 4. The van der Waals surface area contributed by atoms with E-state index in [1.807, 2.05) is 24.3 Å². The number of halogens is 1. The average molecular weight is 308 g/mol. The van der Waals surface area contributed by atoms with E-state index < -0.39 is 5.97 Å². The molecule has 92 valence electrons. The summed E-state index contributed by atoms with van der Waals surface area (Å²) in [7, 11) is 0. The number of benzene rings is 1. The molecule has 1 heterocycles. The molecule has 0 aliphatic heterocycles. The maximum atomic E-state index is 11.0. The fourth-order valence-corrected chi connectivity index (χ4v) is 1.91. The Kier molecular flexibility index (Phi) is 3.88. The molecule has 1 aromatic heterocycles. The normalized spacial score (nSPS) is 10.1. The highest BCUT2D eigenvalue weighted by Crippen LogP contribution is 2.14. The van der Waals surface area contributed by atoms with Crippen molar-refractivity contribution in [3.05, 3.63) is 52.4 Å². The number of hydrogen-bond donors (Lipinski definition) is 2. The van der Waals surface area contributed by atoms with Crippen molar-refractivity contribution in [1.29, 1.82) is 0 Å². The topological polar surface area (TPSA) is 75.1 Å². The first kappa shape index (κ1) is 12.5. The summed E-state index contributed by atoms with van der Waals surface area (Å²) in [5.41, 5.74) is 1.09. The number of carbonyl (C=O) groups is 1. The predicted octanol–water partition coefficient (Wildman–Crippen LogP) is 2.55. The summed E-state index contributed by atoms with van der Waals surface area (Å²) in [6.45, 7) is 0.497. The molecule has 0 fully saturated rings. The molecule has 0 aliphatic rings. The SMILES string of the molecule is O=C(O)c1cncnc1NCc1cccc(Br)c1. The van der Waals surface area contributed by atoms with Crippen molar-refractivity contribution >= 4 is 27.7 Å². The van der Waals surface area contributed by atoms with E-state index in [4.69, 9.17) is 5.11 Å². The lowest BCUT2D eigenvalue weighted by Crippen LogP contribution is -2.08. The second-order valence-corrected chi connectivity index (χ2v) is 4.49. The molecular formula is C12H10BrN3O2. The van der Waals surface area contributed by atoms with E-state index in [1.54, 1.807) is 0 Å². The van der Waals surface area contributed by atoms with Crippen molar-refractivity contribution in [2.24, 2.45) is 0 Å². The standard InChI is InChI=1S/C12H10BrN3O2/c13-9-3-1-2-8(4-9)5-15-11-10(12(17)18)6-14-7-16-11/h1-4,6-7H,5H2,(H,17,18)(H,14,15,16). The van der Waals surface area contributed by atoms with Crippen LogP contribution in [0.2, 0.25) is 0 Å². The fourth-order valence-electron chi connectivity index (χ4n) is 1.46. The quantitative estimate of drug-likeness (QED) is 0.908. The lowest BCUT2D eigenvalue weighted by Gasteiger charge is -2.08. The highest BCUT2D eigenvalue weighted by atomic mass is 79.9. The Morgan fingerprint density at radius 1 is 1.44 bits per heavy atom. The minimum atomic E-state index is -1.05. The zero-order valence-corrected chi connectivity index (χ0v) is 10.9. The first-order chi connectivity index (χ1) is 8.66. The molecule has 5 nitrogen and oxygen atoms in total. The molecule has 0 amide bonds. The highest BCUT2D eigenvalue weighted by molar-refractivity contribution is 9.10. The van der Waals surface area contributed by atoms with E-state index in [0.717, 1.165) is 10.0 Å². The maximum Gasteiger partial charge on any atom is 0.341 e. The van der Waals surface area contributed by atoms with Crippen LogP contribution in [0.15, 0.2) is 41.3 Å². The molecule has 0 bridgehead atoms. The molecule has 6 heteroatoms. The van der Waals surface area contributed by atoms with Gasteiger partial charge in [-0.25, -0.2) is 14.8 Å². The Morgan fingerprint density at radius 3 is 3.00 bits per heavy atom. The van der Waals surface area contributed by atoms with Crippen LogP contribution in [0.3, 0.4) is 0 Å². The summed E-state index contributed by atoms with van der Waals surface area (Å²) in [5.74, 6) is -0.732. The van der Waals surface area contributed by atoms with Crippen LogP contribution in [0.25, 0.3) is 0 Å². The number of rotatable bonds is 4. The summed E-state index contributed by atoms with van der Waals surface area (Å²) < 4.78 is 0.975. The van der Waals surface area contributed by atoms with Gasteiger partial charge in [0.1, 0.15) is 17.7 Å². The van der Waals surface area contributed by atoms with E-state index in [2.05, 4.69) is 31.2 Å². The van der Waals surface area contributed by atoms with Crippen LogP contribution in [0, 0.1) is 0 Å². The molecule has 0 saturated carbocycles. The Hall–Kier alpha value is -1.95. The van der Waals surface area contributed by atoms with Gasteiger partial charge in [0, 0.05) is 17.2 Å². The number of carboxylic acid groups (broad SMARTS) is 1. The lowest BCUT2D eigenvalue weighted by molar-refractivity contribution is 0.0697. The second kappa shape index (κ2) is 5.59. The molecule has 0 saturated heterocycles. The van der Waals surface area contributed by atoms with Crippen molar-refractivity contribution in [3.8, 4) is 0 Å². The molecule has 2 aromatic rings. The highest BCUT2D eigenvalue weighted by Gasteiger charge is 2.10. The average Bonchev–Trinajstić information content (AvgIpc) is 2.37. The number of aromatic nitrogens is 2. The van der Waals surface area contributed by atoms with Crippen molar-refractivity contribution < 1.29 is 9.90 Å². The van der Waals surface area contributed by atoms with Crippen molar-refractivity contribution in [2.75, 3.05) is 5.32 Å². The first-order valence-electron chi connectivity index (χ1n) is 5.18. The van der Waals surface area contributed by atoms with Crippen LogP contribution < -0.4 is 5.32 Å². The molecule has 2 rings (SSSR count). The van der Waals surface area contributed by atoms with E-state index in [-0.39, 0.29) is 5.56 Å². The third-order valence-electron chi connectivity index (χ3n) is 2.29. The van der Waals surface area contributed by atoms with Crippen LogP contribution in [0.5, 0.6) is 0 Å². The van der Waals surface area contributed by atoms with Gasteiger partial charge in [0.2, 0.25) is 0 Å². The molecule has 0 atom stereocenters. The van der Waals surface area contributed by atoms with Gasteiger partial charge in [-0.15, -0.1) is 0 Å². The third-order valence-corrected chi connectivity index (χ3v) is 2.78. The number of nitrogens with one attached hydrogen (secondary N) is 1. The Labute approximate surface area is 112 Å². The maximum absolute atomic E-state index is 11.0. The second-order valence-electron chi connectivity index (χ2n) is 3.57. The smallest absolute Gasteiger partial charge is 0.341 e. The van der Waals surface area contributed by atoms with Crippen LogP contribution >= 0.6 is 15.9 Å². The van der Waals surface area contributed by atoms with Crippen molar-refractivity contribution in [1.82, 2.24) is 9.97 Å². The molecule has 0 spiro atoms. The molecule has 18 heavy (non-hydrogen) atoms. The summed E-state index contributed by atoms with van der Waals surface area (Å²) in [6.07, 6.45) is 2.59. The van der Waals surface area contributed by atoms with Gasteiger partial charge in [-0.05, 0) is 17.7 Å². The van der Waals surface area contributed by atoms with Gasteiger partial charge in [0.05, 0.1) is 0 Å². The molecular weight excluding hydrogens is 298 g/mol. The van der Waals surface area contributed by atoms with Gasteiger partial charge in [0.25, 0.3) is 0 Å². The summed E-state index contributed by atoms with van der Waals surface area (Å²) in [6, 6.07) is 7.74. The minimum Gasteiger partial charge on any atom is -0.477 e. The van der Waals surface area contributed by atoms with E-state index >= 15 is 0 Å². The van der Waals surface area contributed by atoms with Crippen LogP contribution in [-0.2, 0) is 6.54 Å². The summed E-state index contributed by atoms with van der Waals surface area (Å²) in [5, 5.41) is 12.0. The molecule has 0 aliphatic carbocycles. The van der Waals surface area contributed by atoms with E-state index in [9.17, 15) is 4.79 Å². The van der Waals surface area contributed by atoms with E-state index in [0.29, 0.717) is 12.4 Å². The van der Waals surface area contributed by atoms with Gasteiger partial charge in [-0.2, -0.15) is 0 Å². The van der Waals surface area contributed by atoms with Gasteiger partial charge in [0.15, 0.2) is 0 Å². The number of aromatic carboxylic acids is 1. The summed E-state index contributed by atoms with van der Waals surface area (Å²) >= 11 is 3.38. The zero-order chi connectivity index (χ0) is 13.0. The molecule has 0 unspecified atom stereocenters. The van der Waals surface area contributed by atoms with Crippen molar-refractivity contribution in [3.63, 3.8) is 0 Å². The molecule has 1 aromatic carbocycles. The van der Waals surface area contributed by atoms with Crippen LogP contribution in [0.1, 0.15) is 15.9 Å². The first-order valence-corrected chi connectivity index (χ1v) is 5.98. The number of carboxylic acids is 1. The number of anilines is 1. The predicted molar refractivity (Wildman–Crippen MR) is 70.5 cm³/mol. The molecule has 0 radical (unpaired) electrons. The van der Waals surface area contributed by atoms with E-state index in [1.165, 1.54) is 12.5 Å². The monoisotopic (exact) mass is 307 g/mol. The Bertz CT molecular complexity index is 575. The fraction of sp³-hybridized carbons (Fsp3) is 0.0833. The Morgan fingerprint density at radius 2 is 2.28 bits per heavy atom. The summed E-state index contributed by atoms with van der Waals surface area (Å²) in [4.78, 5) is 18.6. The third kappa shape index (κ3) is 3.04. The zero-order valence-electron chi connectivity index (χ0n) is 9.30. The van der Waals surface area contributed by atoms with Crippen LogP contribution in [0.4, 0.5) is 5.82 Å². The van der Waals surface area contributed by atoms with Gasteiger partial charge in [-0.3, -0.25) is 0 Å². The molecule has 2 N–H and O–H groups in total. The number of nitrogens with zero attached hydrogens (tertiary/aromatic N) is 2. The lowest BCUT2D eigenvalue weighted by atomic mass is 10.2. The van der Waals surface area contributed by atoms with Crippen LogP contribution in [-0.4, -0.2) is 21.0 Å². The van der Waals surface area contributed by atoms with Crippen molar-refractivity contribution in [2.45, 2.75) is 6.54 Å². The Balaban J connectivity index is 2.13.